The Kier molecular flexibility index (Phi) is 5.40. The molecule has 0 heterocycles. The first-order valence-electron chi connectivity index (χ1n) is 7.67. The third-order valence-corrected chi connectivity index (χ3v) is 3.53. The average Bonchev–Trinajstić information content (AvgIpc) is 2.48. The quantitative estimate of drug-likeness (QED) is 0.856. The zero-order valence-corrected chi connectivity index (χ0v) is 13.2. The van der Waals surface area contributed by atoms with Gasteiger partial charge in [-0.25, -0.2) is 0 Å². The molecule has 0 aliphatic rings. The van der Waals surface area contributed by atoms with E-state index in [0.717, 1.165) is 23.3 Å². The van der Waals surface area contributed by atoms with Gasteiger partial charge in [0, 0.05) is 0 Å². The Labute approximate surface area is 127 Å². The second kappa shape index (κ2) is 7.28. The highest BCUT2D eigenvalue weighted by molar-refractivity contribution is 5.36. The van der Waals surface area contributed by atoms with Crippen LogP contribution in [-0.4, -0.2) is 6.61 Å². The molecule has 0 bridgehead atoms. The van der Waals surface area contributed by atoms with E-state index in [1.54, 1.807) is 0 Å². The Morgan fingerprint density at radius 1 is 0.905 bits per heavy atom. The molecule has 0 fully saturated rings. The van der Waals surface area contributed by atoms with E-state index >= 15 is 0 Å². The van der Waals surface area contributed by atoms with Gasteiger partial charge in [0.05, 0.1) is 12.6 Å². The highest BCUT2D eigenvalue weighted by Gasteiger charge is 2.09. The van der Waals surface area contributed by atoms with Crippen LogP contribution in [0.5, 0.6) is 5.75 Å². The van der Waals surface area contributed by atoms with E-state index in [2.05, 4.69) is 38.1 Å². The molecule has 2 aromatic rings. The molecule has 21 heavy (non-hydrogen) atoms. The fraction of sp³-hybridized carbons (Fsp3) is 0.368. The lowest BCUT2D eigenvalue weighted by Crippen LogP contribution is -2.11. The second-order valence-corrected chi connectivity index (χ2v) is 5.82. The van der Waals surface area contributed by atoms with Gasteiger partial charge in [0.1, 0.15) is 5.75 Å². The fourth-order valence-electron chi connectivity index (χ4n) is 2.46. The summed E-state index contributed by atoms with van der Waals surface area (Å²) in [5.41, 5.74) is 9.97. The number of benzene rings is 2. The maximum absolute atomic E-state index is 6.35. The van der Waals surface area contributed by atoms with Gasteiger partial charge >= 0.3 is 0 Å². The molecule has 2 heteroatoms. The first-order chi connectivity index (χ1) is 10.1. The van der Waals surface area contributed by atoms with E-state index in [-0.39, 0.29) is 6.04 Å². The molecule has 0 aliphatic carbocycles. The molecular weight excluding hydrogens is 258 g/mol. The predicted octanol–water partition coefficient (Wildman–Crippen LogP) is 4.33. The van der Waals surface area contributed by atoms with Crippen LogP contribution in [0, 0.1) is 5.92 Å². The van der Waals surface area contributed by atoms with Gasteiger partial charge in [-0.1, -0.05) is 50.2 Å². The fourth-order valence-corrected chi connectivity index (χ4v) is 2.46. The van der Waals surface area contributed by atoms with Crippen LogP contribution in [-0.2, 0) is 6.42 Å². The molecule has 1 atom stereocenters. The van der Waals surface area contributed by atoms with Crippen LogP contribution in [0.25, 0.3) is 0 Å². The summed E-state index contributed by atoms with van der Waals surface area (Å²) in [7, 11) is 0. The smallest absolute Gasteiger partial charge is 0.119 e. The van der Waals surface area contributed by atoms with Crippen molar-refractivity contribution < 1.29 is 4.74 Å². The largest absolute Gasteiger partial charge is 0.494 e. The summed E-state index contributed by atoms with van der Waals surface area (Å²) >= 11 is 0. The van der Waals surface area contributed by atoms with Crippen LogP contribution >= 0.6 is 0 Å². The molecule has 112 valence electrons. The van der Waals surface area contributed by atoms with Crippen LogP contribution in [0.2, 0.25) is 0 Å². The van der Waals surface area contributed by atoms with Crippen LogP contribution < -0.4 is 10.5 Å². The highest BCUT2D eigenvalue weighted by atomic mass is 16.5. The van der Waals surface area contributed by atoms with Crippen LogP contribution in [0.3, 0.4) is 0 Å². The SMILES string of the molecule is CCOc1ccc(C(N)c2ccc(CC(C)C)cc2)cc1. The summed E-state index contributed by atoms with van der Waals surface area (Å²) in [6.07, 6.45) is 1.11. The molecule has 0 amide bonds. The molecule has 0 aromatic heterocycles. The summed E-state index contributed by atoms with van der Waals surface area (Å²) in [5.74, 6) is 1.57. The first kappa shape index (κ1) is 15.6. The zero-order valence-electron chi connectivity index (χ0n) is 13.2. The lowest BCUT2D eigenvalue weighted by atomic mass is 9.96. The second-order valence-electron chi connectivity index (χ2n) is 5.82. The van der Waals surface area contributed by atoms with Crippen molar-refractivity contribution in [2.24, 2.45) is 11.7 Å². The van der Waals surface area contributed by atoms with Gasteiger partial charge in [0.25, 0.3) is 0 Å². The summed E-state index contributed by atoms with van der Waals surface area (Å²) < 4.78 is 5.46. The molecule has 0 aliphatic heterocycles. The number of rotatable bonds is 6. The standard InChI is InChI=1S/C19H25NO/c1-4-21-18-11-9-17(10-12-18)19(20)16-7-5-15(6-8-16)13-14(2)3/h5-12,14,19H,4,13,20H2,1-3H3. The highest BCUT2D eigenvalue weighted by Crippen LogP contribution is 2.23. The van der Waals surface area contributed by atoms with Gasteiger partial charge < -0.3 is 10.5 Å². The van der Waals surface area contributed by atoms with Gasteiger partial charge in [0.15, 0.2) is 0 Å². The van der Waals surface area contributed by atoms with Crippen molar-refractivity contribution in [3.63, 3.8) is 0 Å². The van der Waals surface area contributed by atoms with E-state index in [9.17, 15) is 0 Å². The number of ether oxygens (including phenoxy) is 1. The topological polar surface area (TPSA) is 35.2 Å². The molecular formula is C19H25NO. The molecule has 0 saturated heterocycles. The van der Waals surface area contributed by atoms with Crippen molar-refractivity contribution >= 4 is 0 Å². The first-order valence-corrected chi connectivity index (χ1v) is 7.67. The molecule has 2 N–H and O–H groups in total. The summed E-state index contributed by atoms with van der Waals surface area (Å²) in [6, 6.07) is 16.6. The maximum atomic E-state index is 6.35. The van der Waals surface area contributed by atoms with Crippen molar-refractivity contribution in [3.05, 3.63) is 65.2 Å². The third kappa shape index (κ3) is 4.33. The minimum absolute atomic E-state index is 0.0891. The summed E-state index contributed by atoms with van der Waals surface area (Å²) in [5, 5.41) is 0. The van der Waals surface area contributed by atoms with Crippen LogP contribution in [0.15, 0.2) is 48.5 Å². The third-order valence-electron chi connectivity index (χ3n) is 3.53. The molecule has 2 nitrogen and oxygen atoms in total. The Balaban J connectivity index is 2.09. The van der Waals surface area contributed by atoms with E-state index in [4.69, 9.17) is 10.5 Å². The zero-order chi connectivity index (χ0) is 15.2. The van der Waals surface area contributed by atoms with Gasteiger partial charge in [-0.2, -0.15) is 0 Å². The lowest BCUT2D eigenvalue weighted by molar-refractivity contribution is 0.340. The molecule has 1 unspecified atom stereocenters. The van der Waals surface area contributed by atoms with Crippen molar-refractivity contribution in [1.82, 2.24) is 0 Å². The van der Waals surface area contributed by atoms with E-state index in [1.807, 2.05) is 31.2 Å². The van der Waals surface area contributed by atoms with Gasteiger partial charge in [-0.05, 0) is 48.1 Å². The monoisotopic (exact) mass is 283 g/mol. The molecule has 0 saturated carbocycles. The van der Waals surface area contributed by atoms with Crippen LogP contribution in [0.4, 0.5) is 0 Å². The normalized spacial score (nSPS) is 12.4. The minimum atomic E-state index is -0.0891. The van der Waals surface area contributed by atoms with Crippen molar-refractivity contribution in [2.45, 2.75) is 33.2 Å². The van der Waals surface area contributed by atoms with Crippen molar-refractivity contribution in [3.8, 4) is 5.75 Å². The lowest BCUT2D eigenvalue weighted by Gasteiger charge is -2.14. The summed E-state index contributed by atoms with van der Waals surface area (Å²) in [6.45, 7) is 7.14. The predicted molar refractivity (Wildman–Crippen MR) is 88.6 cm³/mol. The van der Waals surface area contributed by atoms with Crippen LogP contribution in [0.1, 0.15) is 43.5 Å². The number of hydrogen-bond donors (Lipinski definition) is 1. The Morgan fingerprint density at radius 3 is 1.90 bits per heavy atom. The van der Waals surface area contributed by atoms with Gasteiger partial charge in [-0.15, -0.1) is 0 Å². The molecule has 2 aromatic carbocycles. The van der Waals surface area contributed by atoms with E-state index in [1.165, 1.54) is 5.56 Å². The van der Waals surface area contributed by atoms with Crippen molar-refractivity contribution in [2.75, 3.05) is 6.61 Å². The Morgan fingerprint density at radius 2 is 1.43 bits per heavy atom. The summed E-state index contributed by atoms with van der Waals surface area (Å²) in [4.78, 5) is 0. The molecule has 0 radical (unpaired) electrons. The maximum Gasteiger partial charge on any atom is 0.119 e. The van der Waals surface area contributed by atoms with Crippen molar-refractivity contribution in [1.29, 1.82) is 0 Å². The Bertz CT molecular complexity index is 543. The molecule has 0 spiro atoms. The van der Waals surface area contributed by atoms with Gasteiger partial charge in [-0.3, -0.25) is 0 Å². The Hall–Kier alpha value is -1.80. The molecule has 2 rings (SSSR count). The number of nitrogens with two attached hydrogens (primary N) is 1. The minimum Gasteiger partial charge on any atom is -0.494 e. The number of hydrogen-bond acceptors (Lipinski definition) is 2. The van der Waals surface area contributed by atoms with Gasteiger partial charge in [0.2, 0.25) is 0 Å². The average molecular weight is 283 g/mol. The van der Waals surface area contributed by atoms with E-state index in [0.29, 0.717) is 12.5 Å². The van der Waals surface area contributed by atoms with E-state index < -0.39 is 0 Å².